The predicted octanol–water partition coefficient (Wildman–Crippen LogP) is 2.62. The van der Waals surface area contributed by atoms with Gasteiger partial charge in [0.05, 0.1) is 12.7 Å². The molecule has 4 heteroatoms. The van der Waals surface area contributed by atoms with Crippen LogP contribution < -0.4 is 0 Å². The maximum absolute atomic E-state index is 10.3. The first-order chi connectivity index (χ1) is 12.8. The van der Waals surface area contributed by atoms with E-state index >= 15 is 0 Å². The second kappa shape index (κ2) is 8.83. The molecule has 1 saturated heterocycles. The highest BCUT2D eigenvalue weighted by atomic mass is 16.5. The van der Waals surface area contributed by atoms with Crippen LogP contribution in [0.1, 0.15) is 31.2 Å². The van der Waals surface area contributed by atoms with Crippen molar-refractivity contribution in [2.75, 3.05) is 45.9 Å². The Balaban J connectivity index is 1.10. The van der Waals surface area contributed by atoms with E-state index in [0.717, 1.165) is 63.6 Å². The molecule has 3 aliphatic rings. The standard InChI is InChI=1S/C22H34N2O2/c25-22(17-26-16-21-13-19-6-7-20(21)12-19)15-24-10-8-23(9-11-24)14-18-4-2-1-3-5-18/h1-5,19-22,25H,6-17H2/t19-,20-,21-,22-/m1/s1. The zero-order valence-electron chi connectivity index (χ0n) is 15.9. The summed E-state index contributed by atoms with van der Waals surface area (Å²) in [4.78, 5) is 4.89. The van der Waals surface area contributed by atoms with Gasteiger partial charge in [-0.05, 0) is 42.6 Å². The fourth-order valence-corrected chi connectivity index (χ4v) is 5.26. The molecule has 1 aromatic carbocycles. The molecule has 0 aromatic heterocycles. The Hall–Kier alpha value is -0.940. The topological polar surface area (TPSA) is 35.9 Å². The van der Waals surface area contributed by atoms with Crippen LogP contribution in [0.2, 0.25) is 0 Å². The summed E-state index contributed by atoms with van der Waals surface area (Å²) in [5.41, 5.74) is 1.38. The minimum absolute atomic E-state index is 0.353. The summed E-state index contributed by atoms with van der Waals surface area (Å²) in [6, 6.07) is 10.7. The van der Waals surface area contributed by atoms with Gasteiger partial charge in [-0.15, -0.1) is 0 Å². The summed E-state index contributed by atoms with van der Waals surface area (Å²) in [7, 11) is 0. The molecule has 2 bridgehead atoms. The minimum Gasteiger partial charge on any atom is -0.389 e. The molecule has 4 atom stereocenters. The van der Waals surface area contributed by atoms with E-state index in [1.165, 1.54) is 31.2 Å². The van der Waals surface area contributed by atoms with Crippen LogP contribution >= 0.6 is 0 Å². The molecule has 144 valence electrons. The van der Waals surface area contributed by atoms with Crippen molar-refractivity contribution in [2.24, 2.45) is 17.8 Å². The van der Waals surface area contributed by atoms with Gasteiger partial charge in [-0.2, -0.15) is 0 Å². The summed E-state index contributed by atoms with van der Waals surface area (Å²) in [6.07, 6.45) is 5.30. The highest BCUT2D eigenvalue weighted by Crippen LogP contribution is 2.48. The lowest BCUT2D eigenvalue weighted by molar-refractivity contribution is -0.00897. The maximum Gasteiger partial charge on any atom is 0.0900 e. The zero-order valence-corrected chi connectivity index (χ0v) is 15.9. The third-order valence-electron chi connectivity index (χ3n) is 6.71. The van der Waals surface area contributed by atoms with Crippen LogP contribution in [-0.2, 0) is 11.3 Å². The fourth-order valence-electron chi connectivity index (χ4n) is 5.26. The third-order valence-corrected chi connectivity index (χ3v) is 6.71. The van der Waals surface area contributed by atoms with Gasteiger partial charge in [0.15, 0.2) is 0 Å². The van der Waals surface area contributed by atoms with Crippen molar-refractivity contribution in [3.8, 4) is 0 Å². The zero-order chi connectivity index (χ0) is 17.8. The number of β-amino-alcohol motifs (C(OH)–C–C–N with tert-alkyl or cyclic N) is 1. The summed E-state index contributed by atoms with van der Waals surface area (Å²) < 4.78 is 5.89. The largest absolute Gasteiger partial charge is 0.389 e. The Labute approximate surface area is 158 Å². The molecule has 4 nitrogen and oxygen atoms in total. The van der Waals surface area contributed by atoms with Crippen molar-refractivity contribution in [3.63, 3.8) is 0 Å². The van der Waals surface area contributed by atoms with Crippen LogP contribution in [0.5, 0.6) is 0 Å². The van der Waals surface area contributed by atoms with Crippen molar-refractivity contribution in [2.45, 2.75) is 38.3 Å². The number of benzene rings is 1. The second-order valence-corrected chi connectivity index (χ2v) is 8.69. The van der Waals surface area contributed by atoms with Crippen LogP contribution in [0.15, 0.2) is 30.3 Å². The number of fused-ring (bicyclic) bond motifs is 2. The van der Waals surface area contributed by atoms with E-state index in [1.54, 1.807) is 0 Å². The average molecular weight is 359 g/mol. The van der Waals surface area contributed by atoms with Gasteiger partial charge in [0, 0.05) is 45.9 Å². The number of rotatable bonds is 8. The highest BCUT2D eigenvalue weighted by molar-refractivity contribution is 5.14. The molecular weight excluding hydrogens is 324 g/mol. The van der Waals surface area contributed by atoms with Gasteiger partial charge >= 0.3 is 0 Å². The molecule has 1 aromatic rings. The van der Waals surface area contributed by atoms with Crippen molar-refractivity contribution < 1.29 is 9.84 Å². The van der Waals surface area contributed by atoms with Crippen LogP contribution in [-0.4, -0.2) is 66.9 Å². The molecule has 1 heterocycles. The monoisotopic (exact) mass is 358 g/mol. The Morgan fingerprint density at radius 3 is 2.46 bits per heavy atom. The van der Waals surface area contributed by atoms with E-state index in [9.17, 15) is 5.11 Å². The number of aliphatic hydroxyl groups excluding tert-OH is 1. The minimum atomic E-state index is -0.353. The lowest BCUT2D eigenvalue weighted by Crippen LogP contribution is -2.48. The first-order valence-electron chi connectivity index (χ1n) is 10.5. The normalized spacial score (nSPS) is 30.7. The van der Waals surface area contributed by atoms with Crippen molar-refractivity contribution >= 4 is 0 Å². The first kappa shape index (κ1) is 18.4. The number of piperazine rings is 1. The number of hydrogen-bond acceptors (Lipinski definition) is 4. The average Bonchev–Trinajstić information content (AvgIpc) is 3.27. The first-order valence-corrected chi connectivity index (χ1v) is 10.5. The van der Waals surface area contributed by atoms with Gasteiger partial charge in [-0.3, -0.25) is 9.80 Å². The van der Waals surface area contributed by atoms with Gasteiger partial charge in [-0.25, -0.2) is 0 Å². The quantitative estimate of drug-likeness (QED) is 0.775. The highest BCUT2D eigenvalue weighted by Gasteiger charge is 2.39. The second-order valence-electron chi connectivity index (χ2n) is 8.69. The Morgan fingerprint density at radius 2 is 1.77 bits per heavy atom. The molecule has 2 saturated carbocycles. The maximum atomic E-state index is 10.3. The Kier molecular flexibility index (Phi) is 6.26. The summed E-state index contributed by atoms with van der Waals surface area (Å²) in [5, 5.41) is 10.3. The van der Waals surface area contributed by atoms with Crippen molar-refractivity contribution in [1.82, 2.24) is 9.80 Å². The summed E-state index contributed by atoms with van der Waals surface area (Å²) >= 11 is 0. The van der Waals surface area contributed by atoms with Crippen LogP contribution in [0, 0.1) is 17.8 Å². The van der Waals surface area contributed by atoms with E-state index in [4.69, 9.17) is 4.74 Å². The molecule has 0 unspecified atom stereocenters. The molecule has 0 amide bonds. The Bertz CT molecular complexity index is 544. The molecule has 1 N–H and O–H groups in total. The number of nitrogens with zero attached hydrogens (tertiary/aromatic N) is 2. The lowest BCUT2D eigenvalue weighted by atomic mass is 9.90. The SMILES string of the molecule is O[C@@H](COC[C@H]1C[C@@H]2CC[C@@H]1C2)CN1CCN(Cc2ccccc2)CC1. The van der Waals surface area contributed by atoms with Gasteiger partial charge < -0.3 is 9.84 Å². The van der Waals surface area contributed by atoms with Gasteiger partial charge in [0.1, 0.15) is 0 Å². The molecule has 0 spiro atoms. The summed E-state index contributed by atoms with van der Waals surface area (Å²) in [6.45, 7) is 7.37. The number of ether oxygens (including phenoxy) is 1. The smallest absolute Gasteiger partial charge is 0.0900 e. The van der Waals surface area contributed by atoms with Crippen molar-refractivity contribution in [1.29, 1.82) is 0 Å². The van der Waals surface area contributed by atoms with Gasteiger partial charge in [-0.1, -0.05) is 36.8 Å². The van der Waals surface area contributed by atoms with Crippen molar-refractivity contribution in [3.05, 3.63) is 35.9 Å². The van der Waals surface area contributed by atoms with Crippen LogP contribution in [0.4, 0.5) is 0 Å². The van der Waals surface area contributed by atoms with E-state index in [2.05, 4.69) is 40.1 Å². The third kappa shape index (κ3) is 4.86. The molecule has 3 fully saturated rings. The van der Waals surface area contributed by atoms with Gasteiger partial charge in [0.25, 0.3) is 0 Å². The fraction of sp³-hybridized carbons (Fsp3) is 0.727. The van der Waals surface area contributed by atoms with E-state index in [1.807, 2.05) is 0 Å². The van der Waals surface area contributed by atoms with E-state index in [0.29, 0.717) is 6.61 Å². The number of aliphatic hydroxyl groups is 1. The molecule has 2 aliphatic carbocycles. The predicted molar refractivity (Wildman–Crippen MR) is 104 cm³/mol. The molecule has 0 radical (unpaired) electrons. The molecule has 1 aliphatic heterocycles. The molecular formula is C22H34N2O2. The lowest BCUT2D eigenvalue weighted by Gasteiger charge is -2.35. The number of hydrogen-bond donors (Lipinski definition) is 1. The summed E-state index contributed by atoms with van der Waals surface area (Å²) in [5.74, 6) is 2.66. The molecule has 26 heavy (non-hydrogen) atoms. The Morgan fingerprint density at radius 1 is 1.00 bits per heavy atom. The van der Waals surface area contributed by atoms with Crippen LogP contribution in [0.25, 0.3) is 0 Å². The van der Waals surface area contributed by atoms with Crippen LogP contribution in [0.3, 0.4) is 0 Å². The van der Waals surface area contributed by atoms with Gasteiger partial charge in [0.2, 0.25) is 0 Å². The molecule has 4 rings (SSSR count). The van der Waals surface area contributed by atoms with E-state index in [-0.39, 0.29) is 6.10 Å². The van der Waals surface area contributed by atoms with E-state index < -0.39 is 0 Å².